The normalized spacial score (nSPS) is 13.8. The Balaban J connectivity index is 1.34. The molecular weight excluding hydrogens is 425 g/mol. The van der Waals surface area contributed by atoms with Gasteiger partial charge in [0.2, 0.25) is 5.91 Å². The van der Waals surface area contributed by atoms with Gasteiger partial charge in [0, 0.05) is 25.1 Å². The molecule has 0 radical (unpaired) electrons. The Morgan fingerprint density at radius 3 is 2.75 bits per heavy atom. The van der Waals surface area contributed by atoms with Crippen molar-refractivity contribution in [1.82, 2.24) is 30.2 Å². The van der Waals surface area contributed by atoms with Crippen LogP contribution in [0.15, 0.2) is 36.8 Å². The summed E-state index contributed by atoms with van der Waals surface area (Å²) >= 11 is 0. The van der Waals surface area contributed by atoms with Crippen LogP contribution in [0.2, 0.25) is 0 Å². The largest absolute Gasteiger partial charge is 0.389 e. The van der Waals surface area contributed by atoms with Crippen LogP contribution in [-0.2, 0) is 17.9 Å². The van der Waals surface area contributed by atoms with Gasteiger partial charge in [0.05, 0.1) is 42.3 Å². The van der Waals surface area contributed by atoms with Crippen LogP contribution in [-0.4, -0.2) is 37.6 Å². The van der Waals surface area contributed by atoms with Crippen LogP contribution in [0.3, 0.4) is 0 Å². The quantitative estimate of drug-likeness (QED) is 0.554. The number of nitrogens with zero attached hydrogens (tertiary/aromatic N) is 4. The third-order valence-electron chi connectivity index (χ3n) is 5.03. The first-order valence-electron chi connectivity index (χ1n) is 10.2. The third kappa shape index (κ3) is 5.59. The number of pyridine rings is 1. The van der Waals surface area contributed by atoms with E-state index in [1.807, 2.05) is 0 Å². The Morgan fingerprint density at radius 2 is 2.00 bits per heavy atom. The first kappa shape index (κ1) is 21.7. The average Bonchev–Trinajstić information content (AvgIpc) is 3.53. The molecule has 0 unspecified atom stereocenters. The van der Waals surface area contributed by atoms with Crippen LogP contribution in [0.25, 0.3) is 5.65 Å². The highest BCUT2D eigenvalue weighted by Crippen LogP contribution is 2.40. The van der Waals surface area contributed by atoms with E-state index in [4.69, 9.17) is 0 Å². The molecule has 2 amide bonds. The fourth-order valence-corrected chi connectivity index (χ4v) is 3.25. The first-order valence-corrected chi connectivity index (χ1v) is 10.2. The average molecular weight is 446 g/mol. The molecule has 1 aliphatic rings. The van der Waals surface area contributed by atoms with Gasteiger partial charge < -0.3 is 10.6 Å². The zero-order valence-corrected chi connectivity index (χ0v) is 17.0. The second-order valence-electron chi connectivity index (χ2n) is 7.68. The van der Waals surface area contributed by atoms with Gasteiger partial charge in [-0.05, 0) is 36.6 Å². The summed E-state index contributed by atoms with van der Waals surface area (Å²) in [5.74, 6) is -0.550. The van der Waals surface area contributed by atoms with Crippen LogP contribution in [0.1, 0.15) is 58.9 Å². The summed E-state index contributed by atoms with van der Waals surface area (Å²) < 4.78 is 38.1. The molecular formula is C21H21F3N6O2. The topological polar surface area (TPSA) is 101 Å². The monoisotopic (exact) mass is 446 g/mol. The van der Waals surface area contributed by atoms with Crippen molar-refractivity contribution in [2.45, 2.75) is 50.9 Å². The summed E-state index contributed by atoms with van der Waals surface area (Å²) in [7, 11) is 0. The SMILES string of the molecule is O=C(CCC(F)(F)F)NCc1cnn2cc(CNC(=O)c3cccnc3C3CC3)nc2c1. The van der Waals surface area contributed by atoms with Crippen molar-refractivity contribution in [3.63, 3.8) is 0 Å². The molecule has 0 saturated heterocycles. The Morgan fingerprint density at radius 1 is 1.19 bits per heavy atom. The highest BCUT2D eigenvalue weighted by atomic mass is 19.4. The van der Waals surface area contributed by atoms with Crippen LogP contribution in [0.4, 0.5) is 13.2 Å². The van der Waals surface area contributed by atoms with E-state index in [0.717, 1.165) is 18.5 Å². The summed E-state index contributed by atoms with van der Waals surface area (Å²) in [5, 5.41) is 9.49. The van der Waals surface area contributed by atoms with E-state index in [1.165, 1.54) is 10.7 Å². The van der Waals surface area contributed by atoms with Crippen molar-refractivity contribution in [1.29, 1.82) is 0 Å². The van der Waals surface area contributed by atoms with Crippen LogP contribution in [0, 0.1) is 0 Å². The van der Waals surface area contributed by atoms with Crippen LogP contribution < -0.4 is 10.6 Å². The molecule has 11 heteroatoms. The predicted octanol–water partition coefficient (Wildman–Crippen LogP) is 2.89. The molecule has 0 bridgehead atoms. The summed E-state index contributed by atoms with van der Waals surface area (Å²) in [6.45, 7) is 0.245. The number of alkyl halides is 3. The minimum atomic E-state index is -4.37. The molecule has 1 fully saturated rings. The van der Waals surface area contributed by atoms with Crippen LogP contribution in [0.5, 0.6) is 0 Å². The number of carbonyl (C=O) groups excluding carboxylic acids is 2. The van der Waals surface area contributed by atoms with Gasteiger partial charge in [0.25, 0.3) is 5.91 Å². The summed E-state index contributed by atoms with van der Waals surface area (Å²) in [4.78, 5) is 32.9. The van der Waals surface area contributed by atoms with Gasteiger partial charge in [-0.2, -0.15) is 18.3 Å². The van der Waals surface area contributed by atoms with E-state index in [2.05, 4.69) is 25.7 Å². The highest BCUT2D eigenvalue weighted by Gasteiger charge is 2.29. The fourth-order valence-electron chi connectivity index (χ4n) is 3.25. The van der Waals surface area contributed by atoms with E-state index >= 15 is 0 Å². The van der Waals surface area contributed by atoms with Gasteiger partial charge in [-0.3, -0.25) is 14.6 Å². The van der Waals surface area contributed by atoms with E-state index in [1.54, 1.807) is 30.6 Å². The molecule has 0 atom stereocenters. The van der Waals surface area contributed by atoms with Crippen molar-refractivity contribution in [2.75, 3.05) is 0 Å². The molecule has 3 heterocycles. The Bertz CT molecular complexity index is 1140. The molecule has 168 valence electrons. The predicted molar refractivity (Wildman–Crippen MR) is 108 cm³/mol. The van der Waals surface area contributed by atoms with Crippen molar-refractivity contribution in [3.8, 4) is 0 Å². The number of amides is 2. The Labute approximate surface area is 181 Å². The maximum Gasteiger partial charge on any atom is 0.389 e. The fraction of sp³-hybridized carbons (Fsp3) is 0.381. The summed E-state index contributed by atoms with van der Waals surface area (Å²) in [6, 6.07) is 5.17. The van der Waals surface area contributed by atoms with Gasteiger partial charge >= 0.3 is 6.18 Å². The number of hydrogen-bond acceptors (Lipinski definition) is 5. The molecule has 4 rings (SSSR count). The minimum Gasteiger partial charge on any atom is -0.352 e. The Kier molecular flexibility index (Phi) is 6.06. The summed E-state index contributed by atoms with van der Waals surface area (Å²) in [6.07, 6.45) is 0.801. The molecule has 0 spiro atoms. The lowest BCUT2D eigenvalue weighted by molar-refractivity contribution is -0.144. The molecule has 1 saturated carbocycles. The number of aromatic nitrogens is 4. The van der Waals surface area contributed by atoms with Gasteiger partial charge in [-0.1, -0.05) is 0 Å². The number of halogens is 3. The number of nitrogens with one attached hydrogen (secondary N) is 2. The van der Waals surface area contributed by atoms with Crippen molar-refractivity contribution < 1.29 is 22.8 Å². The van der Waals surface area contributed by atoms with Gasteiger partial charge in [0.15, 0.2) is 5.65 Å². The van der Waals surface area contributed by atoms with Crippen LogP contribution >= 0.6 is 0 Å². The number of carbonyl (C=O) groups is 2. The first-order chi connectivity index (χ1) is 15.3. The van der Waals surface area contributed by atoms with Gasteiger partial charge in [-0.15, -0.1) is 0 Å². The van der Waals surface area contributed by atoms with E-state index in [9.17, 15) is 22.8 Å². The molecule has 32 heavy (non-hydrogen) atoms. The number of fused-ring (bicyclic) bond motifs is 1. The Hall–Kier alpha value is -3.50. The van der Waals surface area contributed by atoms with Gasteiger partial charge in [0.1, 0.15) is 0 Å². The van der Waals surface area contributed by atoms with Crippen molar-refractivity contribution in [3.05, 3.63) is 59.3 Å². The number of rotatable bonds is 8. The lowest BCUT2D eigenvalue weighted by atomic mass is 10.1. The zero-order chi connectivity index (χ0) is 22.7. The molecule has 8 nitrogen and oxygen atoms in total. The third-order valence-corrected chi connectivity index (χ3v) is 5.03. The molecule has 3 aromatic heterocycles. The van der Waals surface area contributed by atoms with Crippen molar-refractivity contribution in [2.24, 2.45) is 0 Å². The maximum absolute atomic E-state index is 12.6. The second kappa shape index (κ2) is 8.93. The zero-order valence-electron chi connectivity index (χ0n) is 17.0. The molecule has 3 aromatic rings. The van der Waals surface area contributed by atoms with Gasteiger partial charge in [-0.25, -0.2) is 9.50 Å². The lowest BCUT2D eigenvalue weighted by Gasteiger charge is -2.07. The number of hydrogen-bond donors (Lipinski definition) is 2. The number of imidazole rings is 1. The standard InChI is InChI=1S/C21H21F3N6O2/c22-21(23,24)6-5-18(31)26-9-13-8-17-29-15(12-30(17)28-10-13)11-27-20(32)16-2-1-7-25-19(16)14-3-4-14/h1-2,7-8,10,12,14H,3-6,9,11H2,(H,26,31)(H,27,32). The summed E-state index contributed by atoms with van der Waals surface area (Å²) in [5.41, 5.74) is 3.08. The molecule has 0 aliphatic heterocycles. The molecule has 0 aromatic carbocycles. The lowest BCUT2D eigenvalue weighted by Crippen LogP contribution is -2.24. The van der Waals surface area contributed by atoms with E-state index < -0.39 is 24.9 Å². The highest BCUT2D eigenvalue weighted by molar-refractivity contribution is 5.95. The maximum atomic E-state index is 12.6. The second-order valence-corrected chi connectivity index (χ2v) is 7.68. The van der Waals surface area contributed by atoms with Crippen molar-refractivity contribution >= 4 is 17.5 Å². The molecule has 2 N–H and O–H groups in total. The van der Waals surface area contributed by atoms with E-state index in [0.29, 0.717) is 28.4 Å². The minimum absolute atomic E-state index is 0.0457. The smallest absolute Gasteiger partial charge is 0.352 e. The van der Waals surface area contributed by atoms with E-state index in [-0.39, 0.29) is 19.0 Å². The molecule has 1 aliphatic carbocycles.